The summed E-state index contributed by atoms with van der Waals surface area (Å²) in [5.41, 5.74) is -0.305. The summed E-state index contributed by atoms with van der Waals surface area (Å²) >= 11 is 0. The van der Waals surface area contributed by atoms with Crippen LogP contribution >= 0.6 is 0 Å². The van der Waals surface area contributed by atoms with Crippen LogP contribution in [0.3, 0.4) is 0 Å². The van der Waals surface area contributed by atoms with Gasteiger partial charge in [0.2, 0.25) is 0 Å². The molecule has 0 N–H and O–H groups in total. The van der Waals surface area contributed by atoms with Gasteiger partial charge in [0, 0.05) is 18.5 Å². The molecule has 0 aliphatic carbocycles. The molecule has 1 saturated heterocycles. The highest BCUT2D eigenvalue weighted by atomic mass is 16.5. The highest BCUT2D eigenvalue weighted by Crippen LogP contribution is 2.16. The van der Waals surface area contributed by atoms with Crippen LogP contribution in [0.4, 0.5) is 0 Å². The second kappa shape index (κ2) is 4.73. The van der Waals surface area contributed by atoms with Gasteiger partial charge in [-0.05, 0) is 0 Å². The predicted octanol–water partition coefficient (Wildman–Crippen LogP) is 0.826. The third-order valence-electron chi connectivity index (χ3n) is 2.50. The van der Waals surface area contributed by atoms with Gasteiger partial charge < -0.3 is 4.74 Å². The molecule has 0 amide bonds. The van der Waals surface area contributed by atoms with E-state index in [1.165, 1.54) is 0 Å². The van der Waals surface area contributed by atoms with E-state index in [1.54, 1.807) is 0 Å². The molecule has 1 heterocycles. The van der Waals surface area contributed by atoms with Crippen molar-refractivity contribution in [3.63, 3.8) is 0 Å². The molecule has 0 radical (unpaired) electrons. The largest absolute Gasteiger partial charge is 0.361 e. The van der Waals surface area contributed by atoms with E-state index < -0.39 is 0 Å². The van der Waals surface area contributed by atoms with Gasteiger partial charge in [-0.25, -0.2) is 0 Å². The van der Waals surface area contributed by atoms with E-state index in [2.05, 4.69) is 6.07 Å². The average molecular weight is 210 g/mol. The molecule has 84 valence electrons. The van der Waals surface area contributed by atoms with Gasteiger partial charge in [0.1, 0.15) is 0 Å². The summed E-state index contributed by atoms with van der Waals surface area (Å²) in [5, 5.41) is 8.72. The van der Waals surface area contributed by atoms with Crippen LogP contribution in [0.15, 0.2) is 0 Å². The fourth-order valence-electron chi connectivity index (χ4n) is 1.36. The van der Waals surface area contributed by atoms with E-state index in [-0.39, 0.29) is 17.3 Å². The standard InChI is InChI=1S/C11H18N2O2/c1-11(2,3)10(14)8-13-4-5-15-9(6-12)7-13/h9H,4-5,7-8H2,1-3H3. The molecular weight excluding hydrogens is 192 g/mol. The Labute approximate surface area is 90.8 Å². The maximum absolute atomic E-state index is 11.8. The minimum absolute atomic E-state index is 0.209. The summed E-state index contributed by atoms with van der Waals surface area (Å²) in [6, 6.07) is 2.07. The Morgan fingerprint density at radius 2 is 2.27 bits per heavy atom. The molecule has 1 fully saturated rings. The number of ether oxygens (including phenoxy) is 1. The minimum Gasteiger partial charge on any atom is -0.361 e. The minimum atomic E-state index is -0.383. The van der Waals surface area contributed by atoms with Gasteiger partial charge in [-0.1, -0.05) is 20.8 Å². The molecule has 0 aromatic carbocycles. The summed E-state index contributed by atoms with van der Waals surface area (Å²) in [5.74, 6) is 0.209. The second-order valence-electron chi connectivity index (χ2n) is 4.90. The number of carbonyl (C=O) groups is 1. The molecular formula is C11H18N2O2. The van der Waals surface area contributed by atoms with Crippen LogP contribution in [0, 0.1) is 16.7 Å². The SMILES string of the molecule is CC(C)(C)C(=O)CN1CCOC(C#N)C1. The number of rotatable bonds is 2. The number of morpholine rings is 1. The smallest absolute Gasteiger partial charge is 0.156 e. The van der Waals surface area contributed by atoms with E-state index >= 15 is 0 Å². The highest BCUT2D eigenvalue weighted by Gasteiger charge is 2.26. The molecule has 0 bridgehead atoms. The highest BCUT2D eigenvalue weighted by molar-refractivity contribution is 5.85. The van der Waals surface area contributed by atoms with Crippen molar-refractivity contribution in [3.8, 4) is 6.07 Å². The first-order valence-electron chi connectivity index (χ1n) is 5.20. The van der Waals surface area contributed by atoms with Gasteiger partial charge in [-0.15, -0.1) is 0 Å². The Bertz CT molecular complexity index is 275. The third kappa shape index (κ3) is 3.61. The first-order chi connectivity index (χ1) is 6.93. The molecule has 1 rings (SSSR count). The maximum atomic E-state index is 11.8. The Balaban J connectivity index is 2.46. The predicted molar refractivity (Wildman–Crippen MR) is 56.3 cm³/mol. The number of nitriles is 1. The summed E-state index contributed by atoms with van der Waals surface area (Å²) in [4.78, 5) is 13.8. The van der Waals surface area contributed by atoms with Gasteiger partial charge in [-0.3, -0.25) is 9.69 Å². The normalized spacial score (nSPS) is 23.5. The van der Waals surface area contributed by atoms with Crippen LogP contribution in [-0.2, 0) is 9.53 Å². The lowest BCUT2D eigenvalue weighted by Crippen LogP contribution is -2.45. The number of ketones is 1. The molecule has 1 atom stereocenters. The van der Waals surface area contributed by atoms with Crippen molar-refractivity contribution in [1.29, 1.82) is 5.26 Å². The third-order valence-corrected chi connectivity index (χ3v) is 2.50. The molecule has 1 unspecified atom stereocenters. The lowest BCUT2D eigenvalue weighted by Gasteiger charge is -2.31. The van der Waals surface area contributed by atoms with Crippen LogP contribution in [0.1, 0.15) is 20.8 Å². The van der Waals surface area contributed by atoms with E-state index in [4.69, 9.17) is 10.00 Å². The molecule has 1 aliphatic rings. The average Bonchev–Trinajstić information content (AvgIpc) is 2.16. The molecule has 0 saturated carbocycles. The zero-order valence-corrected chi connectivity index (χ0v) is 9.62. The van der Waals surface area contributed by atoms with Gasteiger partial charge in [0.25, 0.3) is 0 Å². The first kappa shape index (κ1) is 12.2. The number of hydrogen-bond donors (Lipinski definition) is 0. The van der Waals surface area contributed by atoms with Gasteiger partial charge in [-0.2, -0.15) is 5.26 Å². The summed E-state index contributed by atoms with van der Waals surface area (Å²) in [7, 11) is 0. The van der Waals surface area contributed by atoms with Gasteiger partial charge in [0.15, 0.2) is 11.9 Å². The second-order valence-corrected chi connectivity index (χ2v) is 4.90. The van der Waals surface area contributed by atoms with Crippen LogP contribution in [-0.4, -0.2) is 43.0 Å². The molecule has 1 aliphatic heterocycles. The van der Waals surface area contributed by atoms with Crippen molar-refractivity contribution in [3.05, 3.63) is 0 Å². The Morgan fingerprint density at radius 3 is 2.80 bits per heavy atom. The Hall–Kier alpha value is -0.920. The van der Waals surface area contributed by atoms with Gasteiger partial charge >= 0.3 is 0 Å². The van der Waals surface area contributed by atoms with Crippen molar-refractivity contribution in [2.75, 3.05) is 26.2 Å². The zero-order valence-electron chi connectivity index (χ0n) is 9.62. The Kier molecular flexibility index (Phi) is 3.83. The Morgan fingerprint density at radius 1 is 1.60 bits per heavy atom. The molecule has 0 aromatic rings. The topological polar surface area (TPSA) is 53.3 Å². The van der Waals surface area contributed by atoms with E-state index in [0.29, 0.717) is 19.7 Å². The molecule has 0 spiro atoms. The van der Waals surface area contributed by atoms with Crippen LogP contribution in [0.5, 0.6) is 0 Å². The monoisotopic (exact) mass is 210 g/mol. The fourth-order valence-corrected chi connectivity index (χ4v) is 1.36. The number of hydrogen-bond acceptors (Lipinski definition) is 4. The van der Waals surface area contributed by atoms with Crippen molar-refractivity contribution in [1.82, 2.24) is 4.90 Å². The summed E-state index contributed by atoms with van der Waals surface area (Å²) in [6.07, 6.45) is -0.383. The quantitative estimate of drug-likeness (QED) is 0.677. The molecule has 4 heteroatoms. The van der Waals surface area contributed by atoms with Crippen molar-refractivity contribution >= 4 is 5.78 Å². The molecule has 0 aromatic heterocycles. The summed E-state index contributed by atoms with van der Waals surface area (Å²) < 4.78 is 5.21. The van der Waals surface area contributed by atoms with E-state index in [9.17, 15) is 4.79 Å². The van der Waals surface area contributed by atoms with Crippen molar-refractivity contribution in [2.45, 2.75) is 26.9 Å². The lowest BCUT2D eigenvalue weighted by molar-refractivity contribution is -0.128. The van der Waals surface area contributed by atoms with E-state index in [0.717, 1.165) is 6.54 Å². The van der Waals surface area contributed by atoms with Crippen LogP contribution < -0.4 is 0 Å². The van der Waals surface area contributed by atoms with Crippen LogP contribution in [0.25, 0.3) is 0 Å². The number of nitrogens with zero attached hydrogens (tertiary/aromatic N) is 2. The van der Waals surface area contributed by atoms with Crippen molar-refractivity contribution < 1.29 is 9.53 Å². The molecule has 15 heavy (non-hydrogen) atoms. The first-order valence-corrected chi connectivity index (χ1v) is 5.20. The number of Topliss-reactive ketones (excluding diaryl/α,β-unsaturated/α-hetero) is 1. The van der Waals surface area contributed by atoms with Gasteiger partial charge in [0.05, 0.1) is 19.2 Å². The fraction of sp³-hybridized carbons (Fsp3) is 0.818. The van der Waals surface area contributed by atoms with E-state index in [1.807, 2.05) is 25.7 Å². The van der Waals surface area contributed by atoms with Crippen LogP contribution in [0.2, 0.25) is 0 Å². The number of carbonyl (C=O) groups excluding carboxylic acids is 1. The maximum Gasteiger partial charge on any atom is 0.156 e. The van der Waals surface area contributed by atoms with Crippen molar-refractivity contribution in [2.24, 2.45) is 5.41 Å². The zero-order chi connectivity index (χ0) is 11.5. The molecule has 4 nitrogen and oxygen atoms in total. The summed E-state index contributed by atoms with van der Waals surface area (Å²) in [6.45, 7) is 7.98. The lowest BCUT2D eigenvalue weighted by atomic mass is 9.90.